The van der Waals surface area contributed by atoms with Gasteiger partial charge in [-0.3, -0.25) is 9.59 Å². The van der Waals surface area contributed by atoms with Gasteiger partial charge in [-0.1, -0.05) is 21.6 Å². The summed E-state index contributed by atoms with van der Waals surface area (Å²) in [5.74, 6) is -1.66. The molecule has 0 saturated heterocycles. The van der Waals surface area contributed by atoms with Crippen molar-refractivity contribution in [1.82, 2.24) is 10.6 Å². The largest absolute Gasteiger partial charge is 0.467 e. The smallest absolute Gasteiger partial charge is 0.330 e. The molecular weight excluding hydrogens is 408 g/mol. The summed E-state index contributed by atoms with van der Waals surface area (Å²) in [7, 11) is 5.00. The summed E-state index contributed by atoms with van der Waals surface area (Å²) >= 11 is 0. The van der Waals surface area contributed by atoms with Gasteiger partial charge in [-0.05, 0) is 27.7 Å². The normalized spacial score (nSPS) is 13.9. The third-order valence-corrected chi connectivity index (χ3v) is 5.99. The summed E-state index contributed by atoms with van der Waals surface area (Å²) in [6, 6.07) is -1.71. The molecule has 162 valence electrons. The molecule has 0 heterocycles. The van der Waals surface area contributed by atoms with Crippen LogP contribution in [0, 0.1) is 0 Å². The first kappa shape index (κ1) is 26.5. The first-order valence-electron chi connectivity index (χ1n) is 8.35. The summed E-state index contributed by atoms with van der Waals surface area (Å²) in [4.78, 5) is 47.3. The van der Waals surface area contributed by atoms with Crippen LogP contribution in [0.15, 0.2) is 0 Å². The molecule has 28 heavy (non-hydrogen) atoms. The first-order chi connectivity index (χ1) is 12.8. The van der Waals surface area contributed by atoms with Crippen LogP contribution in [0.5, 0.6) is 0 Å². The lowest BCUT2D eigenvalue weighted by atomic mass is 10.1. The third-order valence-electron chi connectivity index (χ3n) is 3.51. The molecule has 0 aliphatic carbocycles. The van der Waals surface area contributed by atoms with Gasteiger partial charge in [0.15, 0.2) is 0 Å². The number of nitrogens with two attached hydrogens (primary N) is 2. The third kappa shape index (κ3) is 8.67. The van der Waals surface area contributed by atoms with Gasteiger partial charge in [0.05, 0.1) is 26.3 Å². The molecule has 0 aliphatic heterocycles. The lowest BCUT2D eigenvalue weighted by molar-refractivity contribution is -0.149. The molecule has 2 amide bonds. The highest BCUT2D eigenvalue weighted by Crippen LogP contribution is 2.22. The van der Waals surface area contributed by atoms with Crippen molar-refractivity contribution in [2.75, 3.05) is 25.7 Å². The van der Waals surface area contributed by atoms with Gasteiger partial charge in [-0.2, -0.15) is 0 Å². The first-order valence-corrected chi connectivity index (χ1v) is 10.8. The number of methoxy groups -OCH3 is 2. The van der Waals surface area contributed by atoms with E-state index >= 15 is 0 Å². The number of carbonyl (C=O) groups is 4. The Balaban J connectivity index is 4.33. The van der Waals surface area contributed by atoms with Gasteiger partial charge in [0.25, 0.3) is 0 Å². The zero-order valence-corrected chi connectivity index (χ0v) is 18.6. The van der Waals surface area contributed by atoms with Crippen LogP contribution in [0.3, 0.4) is 0 Å². The van der Waals surface area contributed by atoms with Gasteiger partial charge in [-0.25, -0.2) is 9.59 Å². The van der Waals surface area contributed by atoms with E-state index in [-0.39, 0.29) is 11.5 Å². The second-order valence-electron chi connectivity index (χ2n) is 6.99. The van der Waals surface area contributed by atoms with Crippen molar-refractivity contribution >= 4 is 45.3 Å². The minimum atomic E-state index is -1.19. The molecule has 10 nitrogen and oxygen atoms in total. The number of rotatable bonds is 11. The Hall–Kier alpha value is -1.50. The van der Waals surface area contributed by atoms with Gasteiger partial charge >= 0.3 is 11.9 Å². The zero-order valence-electron chi connectivity index (χ0n) is 17.0. The van der Waals surface area contributed by atoms with E-state index in [0.29, 0.717) is 0 Å². The fourth-order valence-electron chi connectivity index (χ4n) is 1.81. The number of amides is 2. The summed E-state index contributed by atoms with van der Waals surface area (Å²) < 4.78 is 9.23. The number of carbonyl (C=O) groups excluding carboxylic acids is 4. The Bertz CT molecular complexity index is 535. The Kier molecular flexibility index (Phi) is 10.9. The van der Waals surface area contributed by atoms with Crippen molar-refractivity contribution in [1.29, 1.82) is 0 Å². The van der Waals surface area contributed by atoms with Crippen molar-refractivity contribution in [2.24, 2.45) is 11.5 Å². The Morgan fingerprint density at radius 2 is 1.07 bits per heavy atom. The minimum Gasteiger partial charge on any atom is -0.467 e. The Morgan fingerprint density at radius 1 is 0.786 bits per heavy atom. The summed E-state index contributed by atoms with van der Waals surface area (Å²) in [6.07, 6.45) is 0. The van der Waals surface area contributed by atoms with E-state index in [1.54, 1.807) is 0 Å². The highest BCUT2D eigenvalue weighted by atomic mass is 33.1. The van der Waals surface area contributed by atoms with Crippen LogP contribution >= 0.6 is 21.6 Å². The van der Waals surface area contributed by atoms with E-state index in [9.17, 15) is 19.2 Å². The van der Waals surface area contributed by atoms with Gasteiger partial charge < -0.3 is 31.6 Å². The van der Waals surface area contributed by atoms with Crippen LogP contribution in [0.4, 0.5) is 0 Å². The van der Waals surface area contributed by atoms with E-state index in [0.717, 1.165) is 0 Å². The molecule has 0 aliphatic rings. The number of esters is 2. The lowest BCUT2D eigenvalue weighted by Gasteiger charge is -2.25. The highest BCUT2D eigenvalue weighted by molar-refractivity contribution is 8.76. The number of hydrogen-bond donors (Lipinski definition) is 4. The quantitative estimate of drug-likeness (QED) is 0.182. The molecule has 12 heteroatoms. The molecule has 0 rings (SSSR count). The monoisotopic (exact) mass is 438 g/mol. The molecule has 0 fully saturated rings. The van der Waals surface area contributed by atoms with Gasteiger partial charge in [0, 0.05) is 11.5 Å². The maximum Gasteiger partial charge on any atom is 0.330 e. The second kappa shape index (κ2) is 11.5. The molecule has 0 aromatic heterocycles. The number of hydrogen-bond acceptors (Lipinski definition) is 10. The van der Waals surface area contributed by atoms with Crippen LogP contribution in [0.2, 0.25) is 0 Å². The van der Waals surface area contributed by atoms with E-state index < -0.39 is 46.9 Å². The molecule has 0 saturated carbocycles. The summed E-state index contributed by atoms with van der Waals surface area (Å²) in [5, 5.41) is 5.05. The van der Waals surface area contributed by atoms with Crippen LogP contribution in [0.1, 0.15) is 27.7 Å². The molecule has 0 radical (unpaired) electrons. The van der Waals surface area contributed by atoms with Gasteiger partial charge in [0.2, 0.25) is 11.8 Å². The van der Waals surface area contributed by atoms with E-state index in [1.165, 1.54) is 63.5 Å². The van der Waals surface area contributed by atoms with E-state index in [4.69, 9.17) is 11.5 Å². The molecule has 0 aromatic carbocycles. The Morgan fingerprint density at radius 3 is 1.32 bits per heavy atom. The van der Waals surface area contributed by atoms with Crippen molar-refractivity contribution in [2.45, 2.75) is 50.9 Å². The fraction of sp³-hybridized carbons (Fsp3) is 0.750. The van der Waals surface area contributed by atoms with Crippen LogP contribution in [0.25, 0.3) is 0 Å². The zero-order chi connectivity index (χ0) is 22.1. The van der Waals surface area contributed by atoms with Crippen molar-refractivity contribution in [3.63, 3.8) is 0 Å². The van der Waals surface area contributed by atoms with Crippen LogP contribution < -0.4 is 22.1 Å². The average molecular weight is 439 g/mol. The summed E-state index contributed by atoms with van der Waals surface area (Å²) in [6.45, 7) is 6.05. The molecule has 2 atom stereocenters. The fourth-order valence-corrected chi connectivity index (χ4v) is 4.05. The van der Waals surface area contributed by atoms with Crippen LogP contribution in [-0.2, 0) is 28.7 Å². The molecule has 0 unspecified atom stereocenters. The maximum absolute atomic E-state index is 12.1. The predicted octanol–water partition coefficient (Wildman–Crippen LogP) is -0.842. The molecule has 6 N–H and O–H groups in total. The van der Waals surface area contributed by atoms with Gasteiger partial charge in [0.1, 0.15) is 11.1 Å². The van der Waals surface area contributed by atoms with Crippen LogP contribution in [-0.4, -0.2) is 72.6 Å². The topological polar surface area (TPSA) is 163 Å². The van der Waals surface area contributed by atoms with Gasteiger partial charge in [-0.15, -0.1) is 0 Å². The van der Waals surface area contributed by atoms with E-state index in [1.807, 2.05) is 0 Å². The average Bonchev–Trinajstić information content (AvgIpc) is 2.62. The van der Waals surface area contributed by atoms with E-state index in [2.05, 4.69) is 20.1 Å². The minimum absolute atomic E-state index is 0.246. The predicted molar refractivity (Wildman–Crippen MR) is 109 cm³/mol. The standard InChI is InChI=1S/C16H30N4O6S2/c1-15(2,13(23)25-5)19-11(21)9(17)7-27-28-8-10(18)12(22)20-16(3,4)14(24)26-6/h9-10H,7-8,17-18H2,1-6H3,(H,19,21)(H,20,22)/t9-,10-/m0/s1. The van der Waals surface area contributed by atoms with Crippen molar-refractivity contribution in [3.8, 4) is 0 Å². The number of ether oxygens (including phenoxy) is 2. The van der Waals surface area contributed by atoms with Crippen molar-refractivity contribution in [3.05, 3.63) is 0 Å². The molecule has 0 aromatic rings. The SMILES string of the molecule is COC(=O)C(C)(C)NC(=O)[C@@H](N)CSSC[C@H](N)C(=O)NC(C)(C)C(=O)OC. The Labute approximate surface area is 173 Å². The molecule has 0 bridgehead atoms. The molecular formula is C16H30N4O6S2. The van der Waals surface area contributed by atoms with Crippen molar-refractivity contribution < 1.29 is 28.7 Å². The highest BCUT2D eigenvalue weighted by Gasteiger charge is 2.33. The number of nitrogens with one attached hydrogen (secondary N) is 2. The molecule has 0 spiro atoms. The lowest BCUT2D eigenvalue weighted by Crippen LogP contribution is -2.55. The second-order valence-corrected chi connectivity index (χ2v) is 9.55. The maximum atomic E-state index is 12.1. The summed E-state index contributed by atoms with van der Waals surface area (Å²) in [5.41, 5.74) is 9.26.